The van der Waals surface area contributed by atoms with Crippen LogP contribution in [0.5, 0.6) is 0 Å². The molecule has 1 N–H and O–H groups in total. The Morgan fingerprint density at radius 3 is 2.46 bits per heavy atom. The monoisotopic (exact) mass is 346 g/mol. The van der Waals surface area contributed by atoms with E-state index in [4.69, 9.17) is 4.98 Å². The molecule has 6 heteroatoms. The van der Waals surface area contributed by atoms with Gasteiger partial charge in [-0.2, -0.15) is 0 Å². The highest BCUT2D eigenvalue weighted by atomic mass is 15.2. The van der Waals surface area contributed by atoms with Gasteiger partial charge < -0.3 is 10.2 Å². The minimum atomic E-state index is 0.458. The average molecular weight is 346 g/mol. The highest BCUT2D eigenvalue weighted by Gasteiger charge is 2.23. The van der Waals surface area contributed by atoms with E-state index in [0.717, 1.165) is 54.8 Å². The number of piperidine rings is 1. The van der Waals surface area contributed by atoms with E-state index in [2.05, 4.69) is 37.3 Å². The number of hydrogen-bond donors (Lipinski definition) is 1. The summed E-state index contributed by atoms with van der Waals surface area (Å²) in [5.74, 6) is 2.12. The van der Waals surface area contributed by atoms with Gasteiger partial charge in [-0.3, -0.25) is 4.98 Å². The summed E-state index contributed by atoms with van der Waals surface area (Å²) in [5, 5.41) is 3.38. The molecular weight excluding hydrogens is 324 g/mol. The van der Waals surface area contributed by atoms with Crippen molar-refractivity contribution in [3.63, 3.8) is 0 Å². The quantitative estimate of drug-likeness (QED) is 0.777. The standard InChI is InChI=1S/C20H22N6/c1-15-13-17(25-19-5-2-3-8-21-19)14-18(24-15)16-6-11-26(12-7-16)20-22-9-4-10-23-20/h2-5,8-10,13-14,16H,6-7,11-12H2,1H3,(H,21,24,25). The van der Waals surface area contributed by atoms with Gasteiger partial charge in [0.15, 0.2) is 0 Å². The van der Waals surface area contributed by atoms with Crippen LogP contribution in [-0.4, -0.2) is 33.0 Å². The van der Waals surface area contributed by atoms with Crippen molar-refractivity contribution in [2.75, 3.05) is 23.3 Å². The minimum absolute atomic E-state index is 0.458. The van der Waals surface area contributed by atoms with E-state index in [-0.39, 0.29) is 0 Å². The highest BCUT2D eigenvalue weighted by Crippen LogP contribution is 2.30. The van der Waals surface area contributed by atoms with E-state index in [1.165, 1.54) is 0 Å². The first-order valence-electron chi connectivity index (χ1n) is 8.96. The number of pyridine rings is 2. The van der Waals surface area contributed by atoms with Crippen molar-refractivity contribution >= 4 is 17.5 Å². The summed E-state index contributed by atoms with van der Waals surface area (Å²) < 4.78 is 0. The lowest BCUT2D eigenvalue weighted by atomic mass is 9.92. The lowest BCUT2D eigenvalue weighted by Gasteiger charge is -2.31. The molecule has 6 nitrogen and oxygen atoms in total. The Morgan fingerprint density at radius 2 is 1.73 bits per heavy atom. The molecule has 1 aliphatic rings. The third-order valence-corrected chi connectivity index (χ3v) is 4.66. The molecule has 0 saturated carbocycles. The van der Waals surface area contributed by atoms with Crippen LogP contribution in [0.15, 0.2) is 55.0 Å². The predicted octanol–water partition coefficient (Wildman–Crippen LogP) is 3.70. The van der Waals surface area contributed by atoms with E-state index in [9.17, 15) is 0 Å². The Balaban J connectivity index is 1.46. The molecule has 0 unspecified atom stereocenters. The van der Waals surface area contributed by atoms with Crippen molar-refractivity contribution in [1.29, 1.82) is 0 Å². The van der Waals surface area contributed by atoms with Crippen molar-refractivity contribution in [1.82, 2.24) is 19.9 Å². The zero-order valence-electron chi connectivity index (χ0n) is 14.8. The maximum Gasteiger partial charge on any atom is 0.225 e. The van der Waals surface area contributed by atoms with Gasteiger partial charge in [0, 0.05) is 54.7 Å². The largest absolute Gasteiger partial charge is 0.341 e. The first-order chi connectivity index (χ1) is 12.8. The second-order valence-corrected chi connectivity index (χ2v) is 6.57. The Morgan fingerprint density at radius 1 is 0.962 bits per heavy atom. The minimum Gasteiger partial charge on any atom is -0.341 e. The molecule has 4 rings (SSSR count). The number of aromatic nitrogens is 4. The van der Waals surface area contributed by atoms with Crippen LogP contribution in [0.4, 0.5) is 17.5 Å². The van der Waals surface area contributed by atoms with Crippen molar-refractivity contribution in [2.24, 2.45) is 0 Å². The van der Waals surface area contributed by atoms with Crippen molar-refractivity contribution in [2.45, 2.75) is 25.7 Å². The molecule has 3 aromatic heterocycles. The van der Waals surface area contributed by atoms with Gasteiger partial charge >= 0.3 is 0 Å². The van der Waals surface area contributed by atoms with Crippen LogP contribution in [0.3, 0.4) is 0 Å². The zero-order valence-corrected chi connectivity index (χ0v) is 14.8. The summed E-state index contributed by atoms with van der Waals surface area (Å²) >= 11 is 0. The van der Waals surface area contributed by atoms with Crippen LogP contribution in [-0.2, 0) is 0 Å². The van der Waals surface area contributed by atoms with Gasteiger partial charge in [0.25, 0.3) is 0 Å². The lowest BCUT2D eigenvalue weighted by Crippen LogP contribution is -2.34. The van der Waals surface area contributed by atoms with Crippen LogP contribution in [0.1, 0.15) is 30.1 Å². The summed E-state index contributed by atoms with van der Waals surface area (Å²) in [5.41, 5.74) is 3.21. The number of nitrogens with one attached hydrogen (secondary N) is 1. The van der Waals surface area contributed by atoms with Gasteiger partial charge in [0.05, 0.1) is 0 Å². The second-order valence-electron chi connectivity index (χ2n) is 6.57. The van der Waals surface area contributed by atoms with Gasteiger partial charge in [-0.25, -0.2) is 15.0 Å². The first kappa shape index (κ1) is 16.4. The fraction of sp³-hybridized carbons (Fsp3) is 0.300. The molecule has 0 aliphatic carbocycles. The second kappa shape index (κ2) is 7.47. The average Bonchev–Trinajstić information content (AvgIpc) is 2.69. The summed E-state index contributed by atoms with van der Waals surface area (Å²) in [6.45, 7) is 3.95. The molecule has 3 aromatic rings. The highest BCUT2D eigenvalue weighted by molar-refractivity contribution is 5.57. The molecule has 0 atom stereocenters. The maximum absolute atomic E-state index is 4.79. The predicted molar refractivity (Wildman–Crippen MR) is 103 cm³/mol. The third-order valence-electron chi connectivity index (χ3n) is 4.66. The van der Waals surface area contributed by atoms with Crippen molar-refractivity contribution in [3.8, 4) is 0 Å². The molecule has 26 heavy (non-hydrogen) atoms. The topological polar surface area (TPSA) is 66.8 Å². The van der Waals surface area contributed by atoms with Gasteiger partial charge in [0.2, 0.25) is 5.95 Å². The van der Waals surface area contributed by atoms with Crippen LogP contribution in [0.2, 0.25) is 0 Å². The lowest BCUT2D eigenvalue weighted by molar-refractivity contribution is 0.490. The number of rotatable bonds is 4. The van der Waals surface area contributed by atoms with E-state index in [1.54, 1.807) is 18.6 Å². The Hall–Kier alpha value is -3.02. The number of aryl methyl sites for hydroxylation is 1. The summed E-state index contributed by atoms with van der Waals surface area (Å²) in [6, 6.07) is 11.9. The molecule has 1 aliphatic heterocycles. The number of hydrogen-bond acceptors (Lipinski definition) is 6. The number of anilines is 3. The molecule has 0 bridgehead atoms. The fourth-order valence-electron chi connectivity index (χ4n) is 3.39. The van der Waals surface area contributed by atoms with Crippen LogP contribution < -0.4 is 10.2 Å². The van der Waals surface area contributed by atoms with Crippen molar-refractivity contribution < 1.29 is 0 Å². The SMILES string of the molecule is Cc1cc(Nc2ccccn2)cc(C2CCN(c3ncccn3)CC2)n1. The summed E-state index contributed by atoms with van der Waals surface area (Å²) in [7, 11) is 0. The molecule has 0 aromatic carbocycles. The van der Waals surface area contributed by atoms with Crippen LogP contribution in [0.25, 0.3) is 0 Å². The Bertz CT molecular complexity index is 845. The molecule has 1 saturated heterocycles. The zero-order chi connectivity index (χ0) is 17.8. The molecule has 0 radical (unpaired) electrons. The van der Waals surface area contributed by atoms with Gasteiger partial charge in [-0.1, -0.05) is 6.07 Å². The summed E-state index contributed by atoms with van der Waals surface area (Å²) in [4.78, 5) is 20.1. The Kier molecular flexibility index (Phi) is 4.73. The van der Waals surface area contributed by atoms with Gasteiger partial charge in [0.1, 0.15) is 5.82 Å². The third kappa shape index (κ3) is 3.79. The van der Waals surface area contributed by atoms with E-state index in [1.807, 2.05) is 31.2 Å². The molecule has 0 amide bonds. The normalized spacial score (nSPS) is 15.0. The van der Waals surface area contributed by atoms with Gasteiger partial charge in [-0.15, -0.1) is 0 Å². The van der Waals surface area contributed by atoms with E-state index in [0.29, 0.717) is 5.92 Å². The molecule has 1 fully saturated rings. The molecular formula is C20H22N6. The van der Waals surface area contributed by atoms with E-state index >= 15 is 0 Å². The number of nitrogens with zero attached hydrogens (tertiary/aromatic N) is 5. The smallest absolute Gasteiger partial charge is 0.225 e. The molecule has 4 heterocycles. The van der Waals surface area contributed by atoms with Crippen molar-refractivity contribution in [3.05, 3.63) is 66.4 Å². The Labute approximate surface area is 153 Å². The van der Waals surface area contributed by atoms with E-state index < -0.39 is 0 Å². The first-order valence-corrected chi connectivity index (χ1v) is 8.96. The maximum atomic E-state index is 4.79. The van der Waals surface area contributed by atoms with Crippen LogP contribution in [0, 0.1) is 6.92 Å². The van der Waals surface area contributed by atoms with Crippen LogP contribution >= 0.6 is 0 Å². The van der Waals surface area contributed by atoms with Gasteiger partial charge in [-0.05, 0) is 50.1 Å². The molecule has 132 valence electrons. The molecule has 0 spiro atoms. The fourth-order valence-corrected chi connectivity index (χ4v) is 3.39. The summed E-state index contributed by atoms with van der Waals surface area (Å²) in [6.07, 6.45) is 7.49.